The molecule has 0 N–H and O–H groups in total. The molecule has 1 aromatic carbocycles. The summed E-state index contributed by atoms with van der Waals surface area (Å²) in [6.45, 7) is 0. The molecular formula is C14H10F3NO3. The van der Waals surface area contributed by atoms with Crippen LogP contribution in [-0.2, 0) is 14.3 Å². The number of benzene rings is 1. The zero-order chi connectivity index (χ0) is 14.9. The molecule has 0 spiro atoms. The van der Waals surface area contributed by atoms with E-state index < -0.39 is 46.8 Å². The van der Waals surface area contributed by atoms with Crippen molar-refractivity contribution in [2.45, 2.75) is 25.0 Å². The number of anilines is 1. The summed E-state index contributed by atoms with van der Waals surface area (Å²) in [5.74, 6) is -7.04. The van der Waals surface area contributed by atoms with Crippen LogP contribution in [0.2, 0.25) is 0 Å². The Labute approximate surface area is 117 Å². The predicted molar refractivity (Wildman–Crippen MR) is 63.7 cm³/mol. The molecular weight excluding hydrogens is 287 g/mol. The highest BCUT2D eigenvalue weighted by atomic mass is 19.2. The van der Waals surface area contributed by atoms with Crippen molar-refractivity contribution in [3.63, 3.8) is 0 Å². The molecule has 3 aliphatic heterocycles. The van der Waals surface area contributed by atoms with Gasteiger partial charge in [-0.2, -0.15) is 0 Å². The summed E-state index contributed by atoms with van der Waals surface area (Å²) in [6.07, 6.45) is 0.683. The van der Waals surface area contributed by atoms with E-state index in [1.807, 2.05) is 0 Å². The van der Waals surface area contributed by atoms with E-state index >= 15 is 0 Å². The van der Waals surface area contributed by atoms with Crippen molar-refractivity contribution < 1.29 is 27.5 Å². The highest BCUT2D eigenvalue weighted by molar-refractivity contribution is 6.22. The lowest BCUT2D eigenvalue weighted by Gasteiger charge is -2.18. The van der Waals surface area contributed by atoms with Gasteiger partial charge in [0, 0.05) is 0 Å². The van der Waals surface area contributed by atoms with Crippen LogP contribution in [-0.4, -0.2) is 24.0 Å². The maximum Gasteiger partial charge on any atom is 0.240 e. The van der Waals surface area contributed by atoms with Crippen LogP contribution in [0.25, 0.3) is 0 Å². The Bertz CT molecular complexity index is 650. The number of hydrogen-bond donors (Lipinski definition) is 0. The zero-order valence-electron chi connectivity index (χ0n) is 10.7. The van der Waals surface area contributed by atoms with Gasteiger partial charge in [-0.3, -0.25) is 9.59 Å². The lowest BCUT2D eigenvalue weighted by molar-refractivity contribution is -0.124. The highest BCUT2D eigenvalue weighted by Crippen LogP contribution is 2.49. The van der Waals surface area contributed by atoms with Gasteiger partial charge in [-0.25, -0.2) is 18.1 Å². The fraction of sp³-hybridized carbons (Fsp3) is 0.429. The summed E-state index contributed by atoms with van der Waals surface area (Å²) in [7, 11) is 0. The number of carbonyl (C=O) groups excluding carboxylic acids is 2. The van der Waals surface area contributed by atoms with Crippen LogP contribution in [0.5, 0.6) is 0 Å². The summed E-state index contributed by atoms with van der Waals surface area (Å²) in [5, 5.41) is 0. The van der Waals surface area contributed by atoms with Crippen LogP contribution < -0.4 is 4.90 Å². The number of carbonyl (C=O) groups is 2. The molecule has 4 unspecified atom stereocenters. The van der Waals surface area contributed by atoms with Crippen molar-refractivity contribution in [3.8, 4) is 0 Å². The lowest BCUT2D eigenvalue weighted by Crippen LogP contribution is -2.35. The Morgan fingerprint density at radius 3 is 2.10 bits per heavy atom. The second kappa shape index (κ2) is 4.07. The van der Waals surface area contributed by atoms with Gasteiger partial charge in [0.1, 0.15) is 0 Å². The Morgan fingerprint density at radius 2 is 1.52 bits per heavy atom. The topological polar surface area (TPSA) is 46.6 Å². The van der Waals surface area contributed by atoms with E-state index in [-0.39, 0.29) is 12.2 Å². The number of ether oxygens (including phenoxy) is 1. The summed E-state index contributed by atoms with van der Waals surface area (Å²) in [6, 6.07) is 1.61. The Morgan fingerprint density at radius 1 is 0.952 bits per heavy atom. The number of rotatable bonds is 1. The summed E-state index contributed by atoms with van der Waals surface area (Å²) in [4.78, 5) is 25.4. The monoisotopic (exact) mass is 297 g/mol. The molecule has 4 rings (SSSR count). The van der Waals surface area contributed by atoms with Crippen molar-refractivity contribution in [2.75, 3.05) is 4.90 Å². The third-order valence-electron chi connectivity index (χ3n) is 4.54. The molecule has 0 aromatic heterocycles. The first-order chi connectivity index (χ1) is 10.0. The summed E-state index contributed by atoms with van der Waals surface area (Å²) < 4.78 is 45.7. The second-order valence-corrected chi connectivity index (χ2v) is 5.55. The van der Waals surface area contributed by atoms with E-state index in [1.165, 1.54) is 0 Å². The van der Waals surface area contributed by atoms with Crippen molar-refractivity contribution >= 4 is 17.5 Å². The van der Waals surface area contributed by atoms with Gasteiger partial charge in [-0.05, 0) is 25.0 Å². The molecule has 0 aliphatic carbocycles. The molecule has 110 valence electrons. The Balaban J connectivity index is 1.79. The molecule has 2 bridgehead atoms. The third-order valence-corrected chi connectivity index (χ3v) is 4.54. The van der Waals surface area contributed by atoms with Crippen LogP contribution in [0, 0.1) is 29.3 Å². The van der Waals surface area contributed by atoms with Crippen LogP contribution in [0.1, 0.15) is 12.8 Å². The molecule has 21 heavy (non-hydrogen) atoms. The van der Waals surface area contributed by atoms with E-state index in [0.29, 0.717) is 23.8 Å². The number of nitrogens with zero attached hydrogens (tertiary/aromatic N) is 1. The fourth-order valence-corrected chi connectivity index (χ4v) is 3.64. The normalized spacial score (nSPS) is 34.0. The molecule has 3 fully saturated rings. The molecule has 0 radical (unpaired) electrons. The van der Waals surface area contributed by atoms with Gasteiger partial charge in [0.15, 0.2) is 17.5 Å². The van der Waals surface area contributed by atoms with E-state index in [2.05, 4.69) is 0 Å². The number of hydrogen-bond acceptors (Lipinski definition) is 3. The van der Waals surface area contributed by atoms with Gasteiger partial charge in [0.05, 0.1) is 29.7 Å². The van der Waals surface area contributed by atoms with Crippen molar-refractivity contribution in [2.24, 2.45) is 11.8 Å². The van der Waals surface area contributed by atoms with E-state index in [9.17, 15) is 22.8 Å². The van der Waals surface area contributed by atoms with E-state index in [1.54, 1.807) is 0 Å². The molecule has 3 heterocycles. The number of halogens is 3. The molecule has 1 aromatic rings. The molecule has 4 nitrogen and oxygen atoms in total. The smallest absolute Gasteiger partial charge is 0.240 e. The zero-order valence-corrected chi connectivity index (χ0v) is 10.7. The van der Waals surface area contributed by atoms with Gasteiger partial charge in [-0.15, -0.1) is 0 Å². The van der Waals surface area contributed by atoms with Gasteiger partial charge in [0.2, 0.25) is 11.8 Å². The van der Waals surface area contributed by atoms with Crippen LogP contribution in [0.4, 0.5) is 18.9 Å². The third kappa shape index (κ3) is 1.49. The van der Waals surface area contributed by atoms with Crippen LogP contribution in [0.15, 0.2) is 12.1 Å². The maximum absolute atomic E-state index is 13.9. The highest BCUT2D eigenvalue weighted by Gasteiger charge is 2.63. The maximum atomic E-state index is 13.9. The number of imide groups is 1. The average molecular weight is 297 g/mol. The van der Waals surface area contributed by atoms with E-state index in [4.69, 9.17) is 4.74 Å². The van der Waals surface area contributed by atoms with Crippen LogP contribution in [0.3, 0.4) is 0 Å². The summed E-state index contributed by atoms with van der Waals surface area (Å²) in [5.41, 5.74) is -0.530. The minimum absolute atomic E-state index is 0.338. The SMILES string of the molecule is O=C1C2C3CCC(O3)C2C(=O)N1c1ccc(F)c(F)c1F. The average Bonchev–Trinajstić information content (AvgIpc) is 3.13. The molecule has 7 heteroatoms. The van der Waals surface area contributed by atoms with E-state index in [0.717, 1.165) is 6.07 Å². The standard InChI is InChI=1S/C14H10F3NO3/c15-5-1-2-6(12(17)11(5)16)18-13(19)9-7-3-4-8(21-7)10(9)14(18)20/h1-2,7-10H,3-4H2. The summed E-state index contributed by atoms with van der Waals surface area (Å²) >= 11 is 0. The molecule has 3 saturated heterocycles. The molecule has 3 aliphatic rings. The molecule has 2 amide bonds. The Hall–Kier alpha value is -1.89. The number of fused-ring (bicyclic) bond motifs is 5. The van der Waals surface area contributed by atoms with Gasteiger partial charge < -0.3 is 4.74 Å². The minimum Gasteiger partial charge on any atom is -0.373 e. The minimum atomic E-state index is -1.69. The van der Waals surface area contributed by atoms with Crippen molar-refractivity contribution in [3.05, 3.63) is 29.6 Å². The van der Waals surface area contributed by atoms with Crippen molar-refractivity contribution in [1.82, 2.24) is 0 Å². The molecule has 4 atom stereocenters. The predicted octanol–water partition coefficient (Wildman–Crippen LogP) is 1.77. The van der Waals surface area contributed by atoms with Gasteiger partial charge >= 0.3 is 0 Å². The molecule has 0 saturated carbocycles. The lowest BCUT2D eigenvalue weighted by atomic mass is 9.81. The Kier molecular flexibility index (Phi) is 2.48. The van der Waals surface area contributed by atoms with Crippen LogP contribution >= 0.6 is 0 Å². The quantitative estimate of drug-likeness (QED) is 0.586. The second-order valence-electron chi connectivity index (χ2n) is 5.55. The van der Waals surface area contributed by atoms with Gasteiger partial charge in [0.25, 0.3) is 0 Å². The van der Waals surface area contributed by atoms with Gasteiger partial charge in [-0.1, -0.05) is 0 Å². The first kappa shape index (κ1) is 12.8. The first-order valence-electron chi connectivity index (χ1n) is 6.67. The number of amides is 2. The first-order valence-corrected chi connectivity index (χ1v) is 6.67. The fourth-order valence-electron chi connectivity index (χ4n) is 3.64. The largest absolute Gasteiger partial charge is 0.373 e. The van der Waals surface area contributed by atoms with Crippen molar-refractivity contribution in [1.29, 1.82) is 0 Å².